The number of hydrogen-bond donors (Lipinski definition) is 1. The van der Waals surface area contributed by atoms with Crippen molar-refractivity contribution in [3.05, 3.63) is 54.1 Å². The molecule has 0 spiro atoms. The predicted octanol–water partition coefficient (Wildman–Crippen LogP) is 4.18. The van der Waals surface area contributed by atoms with Gasteiger partial charge in [0.15, 0.2) is 0 Å². The van der Waals surface area contributed by atoms with Crippen molar-refractivity contribution < 1.29 is 9.90 Å². The molecule has 0 aliphatic heterocycles. The van der Waals surface area contributed by atoms with Crippen LogP contribution in [0.25, 0.3) is 21.5 Å². The Morgan fingerprint density at radius 2 is 1.32 bits per heavy atom. The largest absolute Gasteiger partial charge is 0.506 e. The summed E-state index contributed by atoms with van der Waals surface area (Å²) >= 11 is 0. The zero-order valence-electron chi connectivity index (χ0n) is 12.8. The Morgan fingerprint density at radius 1 is 0.864 bits per heavy atom. The fourth-order valence-corrected chi connectivity index (χ4v) is 3.01. The molecular weight excluding hydrogens is 274 g/mol. The molecule has 0 fully saturated rings. The minimum atomic E-state index is -0.121. The van der Waals surface area contributed by atoms with E-state index in [1.807, 2.05) is 62.4 Å². The Kier molecular flexibility index (Phi) is 3.72. The van der Waals surface area contributed by atoms with Gasteiger partial charge in [-0.1, -0.05) is 48.5 Å². The van der Waals surface area contributed by atoms with Crippen LogP contribution in [-0.2, 0) is 0 Å². The number of aromatic hydroxyl groups is 1. The van der Waals surface area contributed by atoms with E-state index in [2.05, 4.69) is 0 Å². The molecule has 112 valence electrons. The minimum absolute atomic E-state index is 0.0752. The van der Waals surface area contributed by atoms with Crippen molar-refractivity contribution in [2.24, 2.45) is 0 Å². The second kappa shape index (κ2) is 5.68. The van der Waals surface area contributed by atoms with Gasteiger partial charge in [0.05, 0.1) is 5.56 Å². The number of phenols is 1. The summed E-state index contributed by atoms with van der Waals surface area (Å²) in [7, 11) is 0. The van der Waals surface area contributed by atoms with Crippen molar-refractivity contribution >= 4 is 27.5 Å². The van der Waals surface area contributed by atoms with Gasteiger partial charge in [0.1, 0.15) is 5.75 Å². The summed E-state index contributed by atoms with van der Waals surface area (Å²) in [6, 6.07) is 15.4. The molecular formula is C19H19NO2. The van der Waals surface area contributed by atoms with E-state index in [0.717, 1.165) is 21.5 Å². The third kappa shape index (κ3) is 2.10. The van der Waals surface area contributed by atoms with Crippen LogP contribution in [0.4, 0.5) is 0 Å². The monoisotopic (exact) mass is 293 g/mol. The van der Waals surface area contributed by atoms with Gasteiger partial charge in [-0.05, 0) is 30.0 Å². The van der Waals surface area contributed by atoms with Gasteiger partial charge in [0.25, 0.3) is 5.91 Å². The first-order valence-corrected chi connectivity index (χ1v) is 7.60. The van der Waals surface area contributed by atoms with E-state index in [-0.39, 0.29) is 11.7 Å². The molecule has 3 aromatic rings. The third-order valence-corrected chi connectivity index (χ3v) is 4.17. The maximum atomic E-state index is 12.9. The number of carbonyl (C=O) groups excluding carboxylic acids is 1. The summed E-state index contributed by atoms with van der Waals surface area (Å²) in [4.78, 5) is 14.6. The predicted molar refractivity (Wildman–Crippen MR) is 90.4 cm³/mol. The van der Waals surface area contributed by atoms with E-state index < -0.39 is 0 Å². The molecule has 0 radical (unpaired) electrons. The number of rotatable bonds is 3. The van der Waals surface area contributed by atoms with Gasteiger partial charge in [-0.25, -0.2) is 0 Å². The second-order valence-corrected chi connectivity index (χ2v) is 5.29. The molecule has 3 nitrogen and oxygen atoms in total. The Labute approximate surface area is 129 Å². The lowest BCUT2D eigenvalue weighted by Crippen LogP contribution is -2.30. The highest BCUT2D eigenvalue weighted by molar-refractivity contribution is 6.20. The first-order valence-electron chi connectivity index (χ1n) is 7.60. The molecule has 1 amide bonds. The fraction of sp³-hybridized carbons (Fsp3) is 0.211. The van der Waals surface area contributed by atoms with Crippen molar-refractivity contribution in [2.75, 3.05) is 13.1 Å². The van der Waals surface area contributed by atoms with Crippen LogP contribution < -0.4 is 0 Å². The average Bonchev–Trinajstić information content (AvgIpc) is 2.56. The number of benzene rings is 3. The van der Waals surface area contributed by atoms with E-state index in [4.69, 9.17) is 0 Å². The molecule has 3 rings (SSSR count). The van der Waals surface area contributed by atoms with E-state index in [9.17, 15) is 9.90 Å². The van der Waals surface area contributed by atoms with Gasteiger partial charge in [0.2, 0.25) is 0 Å². The van der Waals surface area contributed by atoms with Crippen LogP contribution in [-0.4, -0.2) is 29.0 Å². The summed E-state index contributed by atoms with van der Waals surface area (Å²) < 4.78 is 0. The SMILES string of the molecule is CCN(CC)C(=O)c1c(O)c2ccccc2c2ccccc12. The van der Waals surface area contributed by atoms with Crippen molar-refractivity contribution in [1.82, 2.24) is 4.90 Å². The third-order valence-electron chi connectivity index (χ3n) is 4.17. The second-order valence-electron chi connectivity index (χ2n) is 5.29. The molecule has 0 saturated heterocycles. The first kappa shape index (κ1) is 14.4. The number of fused-ring (bicyclic) bond motifs is 3. The molecule has 0 aliphatic rings. The quantitative estimate of drug-likeness (QED) is 0.736. The molecule has 3 aromatic carbocycles. The van der Waals surface area contributed by atoms with Gasteiger partial charge >= 0.3 is 0 Å². The lowest BCUT2D eigenvalue weighted by Gasteiger charge is -2.21. The number of carbonyl (C=O) groups is 1. The maximum Gasteiger partial charge on any atom is 0.258 e. The molecule has 0 bridgehead atoms. The van der Waals surface area contributed by atoms with Crippen LogP contribution in [0.5, 0.6) is 5.75 Å². The summed E-state index contributed by atoms with van der Waals surface area (Å²) in [5, 5.41) is 14.2. The molecule has 0 aliphatic carbocycles. The van der Waals surface area contributed by atoms with Crippen molar-refractivity contribution in [1.29, 1.82) is 0 Å². The average molecular weight is 293 g/mol. The molecule has 0 heterocycles. The Morgan fingerprint density at radius 3 is 1.86 bits per heavy atom. The normalized spacial score (nSPS) is 11.0. The molecule has 0 atom stereocenters. The van der Waals surface area contributed by atoms with E-state index >= 15 is 0 Å². The summed E-state index contributed by atoms with van der Waals surface area (Å²) in [5.41, 5.74) is 0.401. The van der Waals surface area contributed by atoms with Gasteiger partial charge in [-0.2, -0.15) is 0 Å². The van der Waals surface area contributed by atoms with Crippen LogP contribution in [0.3, 0.4) is 0 Å². The van der Waals surface area contributed by atoms with E-state index in [0.29, 0.717) is 18.7 Å². The van der Waals surface area contributed by atoms with Crippen molar-refractivity contribution in [2.45, 2.75) is 13.8 Å². The molecule has 0 aromatic heterocycles. The highest BCUT2D eigenvalue weighted by Gasteiger charge is 2.22. The summed E-state index contributed by atoms with van der Waals surface area (Å²) in [5.74, 6) is -0.0457. The first-order chi connectivity index (χ1) is 10.7. The van der Waals surface area contributed by atoms with Gasteiger partial charge < -0.3 is 10.0 Å². The Bertz CT molecular complexity index is 851. The smallest absolute Gasteiger partial charge is 0.258 e. The van der Waals surface area contributed by atoms with Crippen LogP contribution in [0, 0.1) is 0 Å². The van der Waals surface area contributed by atoms with Crippen LogP contribution in [0.2, 0.25) is 0 Å². The van der Waals surface area contributed by atoms with Crippen molar-refractivity contribution in [3.63, 3.8) is 0 Å². The van der Waals surface area contributed by atoms with Crippen molar-refractivity contribution in [3.8, 4) is 5.75 Å². The molecule has 22 heavy (non-hydrogen) atoms. The van der Waals surface area contributed by atoms with Gasteiger partial charge in [0, 0.05) is 18.5 Å². The standard InChI is InChI=1S/C19H19NO2/c1-3-20(4-2)19(22)17-15-11-7-5-9-13(15)14-10-6-8-12-16(14)18(17)21/h5-12,21H,3-4H2,1-2H3. The zero-order chi connectivity index (χ0) is 15.7. The summed E-state index contributed by atoms with van der Waals surface area (Å²) in [6.07, 6.45) is 0. The van der Waals surface area contributed by atoms with Gasteiger partial charge in [-0.3, -0.25) is 4.79 Å². The molecule has 0 saturated carbocycles. The number of hydrogen-bond acceptors (Lipinski definition) is 2. The summed E-state index contributed by atoms with van der Waals surface area (Å²) in [6.45, 7) is 5.13. The van der Waals surface area contributed by atoms with Crippen LogP contribution in [0.15, 0.2) is 48.5 Å². The topological polar surface area (TPSA) is 40.5 Å². The fourth-order valence-electron chi connectivity index (χ4n) is 3.01. The number of amides is 1. The highest BCUT2D eigenvalue weighted by Crippen LogP contribution is 2.37. The minimum Gasteiger partial charge on any atom is -0.506 e. The Hall–Kier alpha value is -2.55. The van der Waals surface area contributed by atoms with E-state index in [1.54, 1.807) is 4.90 Å². The van der Waals surface area contributed by atoms with Crippen LogP contribution in [0.1, 0.15) is 24.2 Å². The molecule has 0 unspecified atom stereocenters. The van der Waals surface area contributed by atoms with Gasteiger partial charge in [-0.15, -0.1) is 0 Å². The van der Waals surface area contributed by atoms with Crippen LogP contribution >= 0.6 is 0 Å². The number of phenolic OH excluding ortho intramolecular Hbond substituents is 1. The maximum absolute atomic E-state index is 12.9. The number of nitrogens with zero attached hydrogens (tertiary/aromatic N) is 1. The lowest BCUT2D eigenvalue weighted by atomic mass is 9.95. The highest BCUT2D eigenvalue weighted by atomic mass is 16.3. The lowest BCUT2D eigenvalue weighted by molar-refractivity contribution is 0.0772. The molecule has 1 N–H and O–H groups in total. The van der Waals surface area contributed by atoms with E-state index in [1.165, 1.54) is 0 Å². The zero-order valence-corrected chi connectivity index (χ0v) is 12.8. The molecule has 3 heteroatoms. The Balaban J connectivity index is 2.41.